The molecule has 1 saturated carbocycles. The number of amides is 3. The SMILES string of the molecule is CC(C)[C@@H](NC(=O)N[C@H]1CC[C@H](O)CC1)C(=O)N1CCC(c2ccc(Cl)cc2)C(C)(C)C1. The lowest BCUT2D eigenvalue weighted by atomic mass is 9.70. The zero-order valence-corrected chi connectivity index (χ0v) is 20.5. The zero-order valence-electron chi connectivity index (χ0n) is 19.7. The third-order valence-electron chi connectivity index (χ3n) is 7.06. The molecule has 0 bridgehead atoms. The Balaban J connectivity index is 1.61. The first-order chi connectivity index (χ1) is 15.1. The highest BCUT2D eigenvalue weighted by Crippen LogP contribution is 2.42. The maximum atomic E-state index is 13.4. The quantitative estimate of drug-likeness (QED) is 0.608. The molecule has 1 unspecified atom stereocenters. The molecule has 7 heteroatoms. The molecule has 1 aromatic rings. The lowest BCUT2D eigenvalue weighted by molar-refractivity contribution is -0.137. The highest BCUT2D eigenvalue weighted by molar-refractivity contribution is 6.30. The molecule has 178 valence electrons. The van der Waals surface area contributed by atoms with Crippen molar-refractivity contribution in [3.05, 3.63) is 34.9 Å². The minimum absolute atomic E-state index is 0.0153. The second-order valence-electron chi connectivity index (χ2n) is 10.5. The Labute approximate surface area is 197 Å². The number of halogens is 1. The first-order valence-electron chi connectivity index (χ1n) is 11.9. The molecule has 3 amide bonds. The summed E-state index contributed by atoms with van der Waals surface area (Å²) in [7, 11) is 0. The molecule has 3 N–H and O–H groups in total. The lowest BCUT2D eigenvalue weighted by Gasteiger charge is -2.45. The number of carbonyl (C=O) groups is 2. The summed E-state index contributed by atoms with van der Waals surface area (Å²) >= 11 is 6.06. The second kappa shape index (κ2) is 10.4. The molecule has 1 aliphatic carbocycles. The predicted molar refractivity (Wildman–Crippen MR) is 128 cm³/mol. The molecular weight excluding hydrogens is 426 g/mol. The molecule has 0 spiro atoms. The van der Waals surface area contributed by atoms with Crippen LogP contribution in [0.1, 0.15) is 71.3 Å². The van der Waals surface area contributed by atoms with Gasteiger partial charge in [0.2, 0.25) is 5.91 Å². The van der Waals surface area contributed by atoms with Crippen LogP contribution in [0.3, 0.4) is 0 Å². The van der Waals surface area contributed by atoms with E-state index in [-0.39, 0.29) is 35.4 Å². The Morgan fingerprint density at radius 2 is 1.72 bits per heavy atom. The number of hydrogen-bond donors (Lipinski definition) is 3. The van der Waals surface area contributed by atoms with Gasteiger partial charge in [0.25, 0.3) is 0 Å². The van der Waals surface area contributed by atoms with E-state index < -0.39 is 6.04 Å². The molecule has 3 rings (SSSR count). The van der Waals surface area contributed by atoms with Crippen LogP contribution in [0.5, 0.6) is 0 Å². The molecule has 32 heavy (non-hydrogen) atoms. The van der Waals surface area contributed by atoms with Gasteiger partial charge in [-0.3, -0.25) is 4.79 Å². The van der Waals surface area contributed by atoms with Crippen molar-refractivity contribution in [2.75, 3.05) is 13.1 Å². The Morgan fingerprint density at radius 1 is 1.09 bits per heavy atom. The third kappa shape index (κ3) is 6.16. The van der Waals surface area contributed by atoms with Gasteiger partial charge < -0.3 is 20.6 Å². The van der Waals surface area contributed by atoms with Crippen LogP contribution in [0.2, 0.25) is 5.02 Å². The first kappa shape index (κ1) is 24.8. The lowest BCUT2D eigenvalue weighted by Crippen LogP contribution is -2.58. The molecule has 0 aromatic heterocycles. The zero-order chi connectivity index (χ0) is 23.5. The number of urea groups is 1. The third-order valence-corrected chi connectivity index (χ3v) is 7.32. The van der Waals surface area contributed by atoms with Crippen LogP contribution in [0.25, 0.3) is 0 Å². The monoisotopic (exact) mass is 463 g/mol. The molecule has 6 nitrogen and oxygen atoms in total. The maximum Gasteiger partial charge on any atom is 0.315 e. The van der Waals surface area contributed by atoms with Crippen LogP contribution in [0, 0.1) is 11.3 Å². The van der Waals surface area contributed by atoms with Crippen molar-refractivity contribution in [2.45, 2.75) is 83.9 Å². The second-order valence-corrected chi connectivity index (χ2v) is 10.9. The molecular formula is C25H38ClN3O3. The van der Waals surface area contributed by atoms with Gasteiger partial charge in [-0.2, -0.15) is 0 Å². The average molecular weight is 464 g/mol. The van der Waals surface area contributed by atoms with E-state index in [4.69, 9.17) is 11.6 Å². The van der Waals surface area contributed by atoms with Gasteiger partial charge in [0.1, 0.15) is 6.04 Å². The fraction of sp³-hybridized carbons (Fsp3) is 0.680. The van der Waals surface area contributed by atoms with Crippen molar-refractivity contribution in [3.63, 3.8) is 0 Å². The Bertz CT molecular complexity index is 788. The van der Waals surface area contributed by atoms with E-state index in [1.165, 1.54) is 5.56 Å². The summed E-state index contributed by atoms with van der Waals surface area (Å²) in [5, 5.41) is 16.3. The number of likely N-dealkylation sites (tertiary alicyclic amines) is 1. The van der Waals surface area contributed by atoms with E-state index in [0.29, 0.717) is 31.8 Å². The van der Waals surface area contributed by atoms with Crippen LogP contribution in [0.15, 0.2) is 24.3 Å². The van der Waals surface area contributed by atoms with Crippen LogP contribution >= 0.6 is 11.6 Å². The molecule has 1 aromatic carbocycles. The number of rotatable bonds is 5. The van der Waals surface area contributed by atoms with Crippen molar-refractivity contribution in [1.29, 1.82) is 0 Å². The van der Waals surface area contributed by atoms with Gasteiger partial charge in [0.15, 0.2) is 0 Å². The maximum absolute atomic E-state index is 13.4. The summed E-state index contributed by atoms with van der Waals surface area (Å²) in [5.74, 6) is 0.314. The van der Waals surface area contributed by atoms with E-state index in [9.17, 15) is 14.7 Å². The van der Waals surface area contributed by atoms with E-state index in [1.807, 2.05) is 30.9 Å². The van der Waals surface area contributed by atoms with Gasteiger partial charge in [0.05, 0.1) is 6.10 Å². The summed E-state index contributed by atoms with van der Waals surface area (Å²) in [5.41, 5.74) is 1.16. The molecule has 1 heterocycles. The average Bonchev–Trinajstić information content (AvgIpc) is 2.73. The van der Waals surface area contributed by atoms with Crippen molar-refractivity contribution in [3.8, 4) is 0 Å². The Morgan fingerprint density at radius 3 is 2.28 bits per heavy atom. The summed E-state index contributed by atoms with van der Waals surface area (Å²) in [6, 6.07) is 7.21. The first-order valence-corrected chi connectivity index (χ1v) is 12.2. The number of carbonyl (C=O) groups excluding carboxylic acids is 2. The van der Waals surface area contributed by atoms with Crippen LogP contribution < -0.4 is 10.6 Å². The summed E-state index contributed by atoms with van der Waals surface area (Å²) in [4.78, 5) is 28.0. The van der Waals surface area contributed by atoms with Crippen molar-refractivity contribution in [2.24, 2.45) is 11.3 Å². The van der Waals surface area contributed by atoms with Gasteiger partial charge in [-0.05, 0) is 67.1 Å². The van der Waals surface area contributed by atoms with Gasteiger partial charge in [0, 0.05) is 24.2 Å². The van der Waals surface area contributed by atoms with Crippen LogP contribution in [0.4, 0.5) is 4.79 Å². The summed E-state index contributed by atoms with van der Waals surface area (Å²) in [6.45, 7) is 9.65. The van der Waals surface area contributed by atoms with Crippen molar-refractivity contribution < 1.29 is 14.7 Å². The van der Waals surface area contributed by atoms with E-state index in [0.717, 1.165) is 24.3 Å². The number of aliphatic hydroxyl groups excluding tert-OH is 1. The molecule has 1 saturated heterocycles. The van der Waals surface area contributed by atoms with Gasteiger partial charge in [-0.25, -0.2) is 4.79 Å². The fourth-order valence-corrected chi connectivity index (χ4v) is 5.28. The minimum atomic E-state index is -0.563. The molecule has 0 radical (unpaired) electrons. The highest BCUT2D eigenvalue weighted by atomic mass is 35.5. The van der Waals surface area contributed by atoms with Crippen LogP contribution in [-0.4, -0.2) is 53.2 Å². The van der Waals surface area contributed by atoms with Gasteiger partial charge in [-0.15, -0.1) is 0 Å². The highest BCUT2D eigenvalue weighted by Gasteiger charge is 2.40. The van der Waals surface area contributed by atoms with E-state index in [2.05, 4.69) is 36.6 Å². The van der Waals surface area contributed by atoms with Crippen LogP contribution in [-0.2, 0) is 4.79 Å². The topological polar surface area (TPSA) is 81.7 Å². The summed E-state index contributed by atoms with van der Waals surface area (Å²) in [6.07, 6.45) is 3.55. The normalized spacial score (nSPS) is 26.5. The molecule has 2 aliphatic rings. The fourth-order valence-electron chi connectivity index (χ4n) is 5.16. The smallest absolute Gasteiger partial charge is 0.315 e. The standard InChI is InChI=1S/C25H38ClN3O3/c1-16(2)22(28-24(32)27-19-9-11-20(30)12-10-19)23(31)29-14-13-21(25(3,4)15-29)17-5-7-18(26)8-6-17/h5-8,16,19-22,30H,9-15H2,1-4H3,(H2,27,28,32)/t19-,20-,21?,22-/m1/s1. The predicted octanol–water partition coefficient (Wildman–Crippen LogP) is 4.31. The molecule has 2 atom stereocenters. The minimum Gasteiger partial charge on any atom is -0.393 e. The number of hydrogen-bond acceptors (Lipinski definition) is 3. The van der Waals surface area contributed by atoms with Gasteiger partial charge in [-0.1, -0.05) is 51.4 Å². The number of benzene rings is 1. The van der Waals surface area contributed by atoms with Crippen molar-refractivity contribution >= 4 is 23.5 Å². The number of piperidine rings is 1. The van der Waals surface area contributed by atoms with Gasteiger partial charge >= 0.3 is 6.03 Å². The number of aliphatic hydroxyl groups is 1. The number of nitrogens with one attached hydrogen (secondary N) is 2. The number of nitrogens with zero attached hydrogens (tertiary/aromatic N) is 1. The summed E-state index contributed by atoms with van der Waals surface area (Å²) < 4.78 is 0. The Hall–Kier alpha value is -1.79. The Kier molecular flexibility index (Phi) is 8.10. The molecule has 2 fully saturated rings. The van der Waals surface area contributed by atoms with E-state index >= 15 is 0 Å². The van der Waals surface area contributed by atoms with Crippen molar-refractivity contribution in [1.82, 2.24) is 15.5 Å². The largest absolute Gasteiger partial charge is 0.393 e. The van der Waals surface area contributed by atoms with E-state index in [1.54, 1.807) is 0 Å². The molecule has 1 aliphatic heterocycles.